The average Bonchev–Trinajstić information content (AvgIpc) is 3.04. The Morgan fingerprint density at radius 2 is 2.17 bits per heavy atom. The first-order valence-corrected chi connectivity index (χ1v) is 7.98. The second-order valence-corrected chi connectivity index (χ2v) is 6.51. The number of aliphatic carboxylic acids is 1. The van der Waals surface area contributed by atoms with Crippen molar-refractivity contribution in [2.24, 2.45) is 0 Å². The molecule has 1 aliphatic rings. The molecule has 2 aromatic rings. The standard InChI is InChI=1S/C16H12N2O3S2/c19-14(20)9-18-15(21)13(23-16(18)22)7-3-4-10-8-17-12-6-2-1-5-11(10)12/h1-8,17H,9H2,(H,19,20). The fourth-order valence-corrected chi connectivity index (χ4v) is 3.46. The van der Waals surface area contributed by atoms with Gasteiger partial charge in [-0.15, -0.1) is 0 Å². The smallest absolute Gasteiger partial charge is 0.323 e. The number of aromatic amines is 1. The van der Waals surface area contributed by atoms with E-state index in [2.05, 4.69) is 4.98 Å². The number of thioether (sulfide) groups is 1. The molecule has 0 atom stereocenters. The molecule has 7 heteroatoms. The van der Waals surface area contributed by atoms with Gasteiger partial charge < -0.3 is 10.1 Å². The van der Waals surface area contributed by atoms with E-state index < -0.39 is 12.5 Å². The molecule has 1 aliphatic heterocycles. The lowest BCUT2D eigenvalue weighted by Gasteiger charge is -2.09. The summed E-state index contributed by atoms with van der Waals surface area (Å²) < 4.78 is 0.268. The van der Waals surface area contributed by atoms with Crippen LogP contribution in [0.3, 0.4) is 0 Å². The second-order valence-electron chi connectivity index (χ2n) is 4.83. The zero-order chi connectivity index (χ0) is 16.4. The van der Waals surface area contributed by atoms with Gasteiger partial charge in [0.1, 0.15) is 10.9 Å². The van der Waals surface area contributed by atoms with Gasteiger partial charge in [-0.2, -0.15) is 0 Å². The number of H-pyrrole nitrogens is 1. The number of aromatic nitrogens is 1. The van der Waals surface area contributed by atoms with E-state index in [1.807, 2.05) is 36.5 Å². The quantitative estimate of drug-likeness (QED) is 0.659. The topological polar surface area (TPSA) is 73.4 Å². The first-order chi connectivity index (χ1) is 11.1. The number of hydrogen-bond donors (Lipinski definition) is 2. The normalized spacial score (nSPS) is 17.0. The van der Waals surface area contributed by atoms with Crippen molar-refractivity contribution in [3.8, 4) is 0 Å². The average molecular weight is 344 g/mol. The maximum absolute atomic E-state index is 12.1. The van der Waals surface area contributed by atoms with E-state index in [0.717, 1.165) is 33.1 Å². The number of allylic oxidation sites excluding steroid dienone is 2. The lowest BCUT2D eigenvalue weighted by Crippen LogP contribution is -2.33. The summed E-state index contributed by atoms with van der Waals surface area (Å²) in [5.74, 6) is -1.46. The zero-order valence-electron chi connectivity index (χ0n) is 11.9. The highest BCUT2D eigenvalue weighted by Crippen LogP contribution is 2.30. The van der Waals surface area contributed by atoms with Gasteiger partial charge in [0.2, 0.25) is 0 Å². The molecule has 0 saturated carbocycles. The maximum Gasteiger partial charge on any atom is 0.323 e. The largest absolute Gasteiger partial charge is 0.480 e. The number of carboxylic acid groups (broad SMARTS) is 1. The Morgan fingerprint density at radius 1 is 1.39 bits per heavy atom. The van der Waals surface area contributed by atoms with Gasteiger partial charge in [-0.1, -0.05) is 54.3 Å². The Hall–Kier alpha value is -2.38. The molecule has 23 heavy (non-hydrogen) atoms. The Bertz CT molecular complexity index is 867. The summed E-state index contributed by atoms with van der Waals surface area (Å²) >= 11 is 6.15. The van der Waals surface area contributed by atoms with Crippen molar-refractivity contribution in [1.82, 2.24) is 9.88 Å². The molecule has 2 N–H and O–H groups in total. The van der Waals surface area contributed by atoms with Gasteiger partial charge in [0.25, 0.3) is 5.91 Å². The number of fused-ring (bicyclic) bond motifs is 1. The number of rotatable bonds is 4. The van der Waals surface area contributed by atoms with Crippen molar-refractivity contribution >= 4 is 57.2 Å². The van der Waals surface area contributed by atoms with E-state index >= 15 is 0 Å². The van der Waals surface area contributed by atoms with Gasteiger partial charge in [0.15, 0.2) is 0 Å². The van der Waals surface area contributed by atoms with E-state index in [1.165, 1.54) is 0 Å². The van der Waals surface area contributed by atoms with Crippen LogP contribution in [0, 0.1) is 0 Å². The fraction of sp³-hybridized carbons (Fsp3) is 0.0625. The predicted molar refractivity (Wildman–Crippen MR) is 95.0 cm³/mol. The van der Waals surface area contributed by atoms with Crippen LogP contribution < -0.4 is 0 Å². The maximum atomic E-state index is 12.1. The number of carboxylic acids is 1. The number of nitrogens with one attached hydrogen (secondary N) is 1. The minimum atomic E-state index is -1.09. The Morgan fingerprint density at radius 3 is 2.96 bits per heavy atom. The molecule has 0 radical (unpaired) electrons. The lowest BCUT2D eigenvalue weighted by molar-refractivity contribution is -0.140. The third-order valence-electron chi connectivity index (χ3n) is 3.31. The predicted octanol–water partition coefficient (Wildman–Crippen LogP) is 3.01. The van der Waals surface area contributed by atoms with Crippen LogP contribution in [0.5, 0.6) is 0 Å². The van der Waals surface area contributed by atoms with Crippen LogP contribution in [-0.2, 0) is 9.59 Å². The van der Waals surface area contributed by atoms with Crippen LogP contribution in [0.4, 0.5) is 0 Å². The molecule has 3 rings (SSSR count). The molecule has 1 amide bonds. The number of benzene rings is 1. The molecule has 2 heterocycles. The summed E-state index contributed by atoms with van der Waals surface area (Å²) in [6, 6.07) is 7.92. The van der Waals surface area contributed by atoms with Crippen LogP contribution >= 0.6 is 24.0 Å². The van der Waals surface area contributed by atoms with Crippen molar-refractivity contribution < 1.29 is 14.7 Å². The summed E-state index contributed by atoms with van der Waals surface area (Å²) in [5.41, 5.74) is 2.05. The molecule has 1 saturated heterocycles. The van der Waals surface area contributed by atoms with E-state index in [1.54, 1.807) is 12.2 Å². The summed E-state index contributed by atoms with van der Waals surface area (Å²) in [5, 5.41) is 9.89. The molecule has 116 valence electrons. The molecule has 0 spiro atoms. The van der Waals surface area contributed by atoms with E-state index in [0.29, 0.717) is 4.91 Å². The third-order valence-corrected chi connectivity index (χ3v) is 4.71. The van der Waals surface area contributed by atoms with Gasteiger partial charge in [0.05, 0.1) is 4.91 Å². The summed E-state index contributed by atoms with van der Waals surface area (Å²) in [4.78, 5) is 27.5. The Balaban J connectivity index is 1.79. The Kier molecular flexibility index (Phi) is 4.31. The summed E-state index contributed by atoms with van der Waals surface area (Å²) in [6.07, 6.45) is 7.21. The first kappa shape index (κ1) is 15.5. The monoisotopic (exact) mass is 344 g/mol. The van der Waals surface area contributed by atoms with Crippen molar-refractivity contribution in [2.75, 3.05) is 6.54 Å². The number of amides is 1. The number of nitrogens with zero attached hydrogens (tertiary/aromatic N) is 1. The van der Waals surface area contributed by atoms with Crippen molar-refractivity contribution in [3.63, 3.8) is 0 Å². The first-order valence-electron chi connectivity index (χ1n) is 6.76. The number of para-hydroxylation sites is 1. The number of thiocarbonyl (C=S) groups is 1. The van der Waals surface area contributed by atoms with Crippen LogP contribution in [-0.4, -0.2) is 37.7 Å². The number of carbonyl (C=O) groups excluding carboxylic acids is 1. The molecule has 0 unspecified atom stereocenters. The molecule has 0 bridgehead atoms. The molecule has 1 aromatic heterocycles. The van der Waals surface area contributed by atoms with Crippen molar-refractivity contribution in [2.45, 2.75) is 0 Å². The molecule has 5 nitrogen and oxygen atoms in total. The minimum absolute atomic E-state index is 0.268. The highest BCUT2D eigenvalue weighted by atomic mass is 32.2. The van der Waals surface area contributed by atoms with Crippen LogP contribution in [0.15, 0.2) is 47.5 Å². The SMILES string of the molecule is O=C(O)CN1C(=O)C(=CC=Cc2c[nH]c3ccccc23)SC1=S. The van der Waals surface area contributed by atoms with Gasteiger partial charge in [-0.05, 0) is 17.7 Å². The summed E-state index contributed by atoms with van der Waals surface area (Å²) in [6.45, 7) is -0.409. The molecular formula is C16H12N2O3S2. The van der Waals surface area contributed by atoms with E-state index in [9.17, 15) is 9.59 Å². The van der Waals surface area contributed by atoms with Crippen LogP contribution in [0.25, 0.3) is 17.0 Å². The van der Waals surface area contributed by atoms with E-state index in [4.69, 9.17) is 17.3 Å². The Labute approximate surface area is 141 Å². The van der Waals surface area contributed by atoms with Crippen LogP contribution in [0.1, 0.15) is 5.56 Å². The molecular weight excluding hydrogens is 332 g/mol. The number of hydrogen-bond acceptors (Lipinski definition) is 4. The highest BCUT2D eigenvalue weighted by Gasteiger charge is 2.32. The minimum Gasteiger partial charge on any atom is -0.480 e. The second kappa shape index (κ2) is 6.39. The molecule has 1 aromatic carbocycles. The lowest BCUT2D eigenvalue weighted by atomic mass is 10.1. The van der Waals surface area contributed by atoms with Gasteiger partial charge in [0, 0.05) is 17.1 Å². The van der Waals surface area contributed by atoms with Gasteiger partial charge in [-0.3, -0.25) is 14.5 Å². The van der Waals surface area contributed by atoms with Gasteiger partial charge in [-0.25, -0.2) is 0 Å². The number of carbonyl (C=O) groups is 2. The highest BCUT2D eigenvalue weighted by molar-refractivity contribution is 8.26. The van der Waals surface area contributed by atoms with Crippen molar-refractivity contribution in [3.05, 3.63) is 53.1 Å². The van der Waals surface area contributed by atoms with Crippen molar-refractivity contribution in [1.29, 1.82) is 0 Å². The van der Waals surface area contributed by atoms with Gasteiger partial charge >= 0.3 is 5.97 Å². The fourth-order valence-electron chi connectivity index (χ4n) is 2.26. The third kappa shape index (κ3) is 3.20. The molecule has 0 aliphatic carbocycles. The summed E-state index contributed by atoms with van der Waals surface area (Å²) in [7, 11) is 0. The van der Waals surface area contributed by atoms with Crippen LogP contribution in [0.2, 0.25) is 0 Å². The molecule has 1 fully saturated rings. The zero-order valence-corrected chi connectivity index (χ0v) is 13.5. The van der Waals surface area contributed by atoms with E-state index in [-0.39, 0.29) is 10.2 Å².